The Bertz CT molecular complexity index is 118. The second-order valence-electron chi connectivity index (χ2n) is 0.811. The summed E-state index contributed by atoms with van der Waals surface area (Å²) in [7, 11) is 0. The van der Waals surface area contributed by atoms with Crippen LogP contribution in [0.5, 0.6) is 0 Å². The molecule has 1 atom stereocenters. The first-order valence-corrected chi connectivity index (χ1v) is 2.75. The van der Waals surface area contributed by atoms with Gasteiger partial charge in [-0.1, -0.05) is 5.92 Å². The van der Waals surface area contributed by atoms with Crippen LogP contribution < -0.4 is 4.89 Å². The number of nitrogens with one attached hydrogen (secondary N) is 1. The minimum atomic E-state index is -2.38. The molecule has 5 heteroatoms. The number of hydrogen-bond acceptors (Lipinski definition) is 3. The van der Waals surface area contributed by atoms with Gasteiger partial charge in [-0.15, -0.1) is 11.3 Å². The lowest BCUT2D eigenvalue weighted by molar-refractivity contribution is 0.121. The highest BCUT2D eigenvalue weighted by Crippen LogP contribution is 1.64. The molecule has 0 amide bonds. The van der Waals surface area contributed by atoms with E-state index >= 15 is 0 Å². The second kappa shape index (κ2) is 4.74. The van der Waals surface area contributed by atoms with Crippen LogP contribution in [0, 0.1) is 12.3 Å². The average molecular weight is 134 g/mol. The fourth-order valence-corrected chi connectivity index (χ4v) is 0.274. The Morgan fingerprint density at radius 3 is 3.00 bits per heavy atom. The molecule has 0 aromatic heterocycles. The Morgan fingerprint density at radius 2 is 2.62 bits per heavy atom. The molecule has 0 aromatic carbocycles. The summed E-state index contributed by atoms with van der Waals surface area (Å²) in [4.78, 5) is 5.77. The summed E-state index contributed by atoms with van der Waals surface area (Å²) in [6, 6.07) is 0. The van der Waals surface area contributed by atoms with Crippen molar-refractivity contribution in [2.24, 2.45) is 0 Å². The lowest BCUT2D eigenvalue weighted by Gasteiger charge is -2.02. The van der Waals surface area contributed by atoms with Gasteiger partial charge in [0, 0.05) is 11.3 Å². The Balaban J connectivity index is 2.97. The Labute approximate surface area is 49.6 Å². The van der Waals surface area contributed by atoms with Crippen LogP contribution in [0.15, 0.2) is 0 Å². The molecule has 4 nitrogen and oxygen atoms in total. The molecular formula is C3H4NO3S-. The molecule has 1 N–H and O–H groups in total. The number of hydrogen-bond donors (Lipinski definition) is 1. The van der Waals surface area contributed by atoms with Gasteiger partial charge in [0.2, 0.25) is 0 Å². The van der Waals surface area contributed by atoms with Gasteiger partial charge in [-0.25, -0.2) is 0 Å². The molecule has 0 saturated carbocycles. The summed E-state index contributed by atoms with van der Waals surface area (Å²) in [6.07, 6.45) is 4.70. The van der Waals surface area contributed by atoms with E-state index in [2.05, 4.69) is 10.8 Å². The summed E-state index contributed by atoms with van der Waals surface area (Å²) < 4.78 is 19.1. The average Bonchev–Trinajstić information content (AvgIpc) is 1.66. The molecule has 8 heavy (non-hydrogen) atoms. The maximum absolute atomic E-state index is 9.57. The maximum Gasteiger partial charge on any atom is 0.130 e. The third kappa shape index (κ3) is 5.59. The summed E-state index contributed by atoms with van der Waals surface area (Å²) in [5, 5.41) is 0. The topological polar surface area (TPSA) is 61.4 Å². The van der Waals surface area contributed by atoms with Crippen LogP contribution in [0.25, 0.3) is 0 Å². The fraction of sp³-hybridized carbons (Fsp3) is 0.333. The van der Waals surface area contributed by atoms with Crippen LogP contribution in [0.2, 0.25) is 0 Å². The van der Waals surface area contributed by atoms with Crippen molar-refractivity contribution >= 4 is 11.3 Å². The largest absolute Gasteiger partial charge is 0.758 e. The molecule has 0 aliphatic heterocycles. The quantitative estimate of drug-likeness (QED) is 0.231. The standard InChI is InChI=1S/C3H5NO3S/c1-2-3-7-4-8(5)6/h1,4H,3H2,(H,5,6)/p-1. The van der Waals surface area contributed by atoms with Gasteiger partial charge in [0.1, 0.15) is 6.61 Å². The van der Waals surface area contributed by atoms with Crippen molar-refractivity contribution < 1.29 is 13.6 Å². The van der Waals surface area contributed by atoms with E-state index in [4.69, 9.17) is 6.42 Å². The fourth-order valence-electron chi connectivity index (χ4n) is 0.119. The minimum Gasteiger partial charge on any atom is -0.758 e. The lowest BCUT2D eigenvalue weighted by Crippen LogP contribution is -2.16. The molecular weight excluding hydrogens is 130 g/mol. The molecule has 0 saturated heterocycles. The third-order valence-corrected chi connectivity index (χ3v) is 0.536. The van der Waals surface area contributed by atoms with E-state index in [-0.39, 0.29) is 6.61 Å². The van der Waals surface area contributed by atoms with Crippen molar-refractivity contribution in [2.45, 2.75) is 0 Å². The molecule has 0 fully saturated rings. The third-order valence-electron chi connectivity index (χ3n) is 0.282. The van der Waals surface area contributed by atoms with Crippen LogP contribution >= 0.6 is 0 Å². The van der Waals surface area contributed by atoms with Gasteiger partial charge in [-0.2, -0.15) is 0 Å². The summed E-state index contributed by atoms with van der Waals surface area (Å²) >= 11 is -2.38. The van der Waals surface area contributed by atoms with Crippen LogP contribution in [-0.2, 0) is 16.1 Å². The first-order valence-electron chi connectivity index (χ1n) is 1.67. The Morgan fingerprint density at radius 1 is 2.00 bits per heavy atom. The van der Waals surface area contributed by atoms with E-state index in [1.165, 1.54) is 0 Å². The minimum absolute atomic E-state index is 0.0615. The van der Waals surface area contributed by atoms with Crippen LogP contribution in [0.4, 0.5) is 0 Å². The van der Waals surface area contributed by atoms with E-state index in [0.29, 0.717) is 0 Å². The smallest absolute Gasteiger partial charge is 0.130 e. The van der Waals surface area contributed by atoms with E-state index < -0.39 is 11.3 Å². The predicted molar refractivity (Wildman–Crippen MR) is 26.8 cm³/mol. The second-order valence-corrected chi connectivity index (χ2v) is 1.45. The zero-order valence-corrected chi connectivity index (χ0v) is 4.73. The molecule has 0 aliphatic rings. The molecule has 0 spiro atoms. The van der Waals surface area contributed by atoms with Crippen LogP contribution in [0.3, 0.4) is 0 Å². The first-order chi connectivity index (χ1) is 3.77. The summed E-state index contributed by atoms with van der Waals surface area (Å²) in [5.41, 5.74) is 0. The van der Waals surface area contributed by atoms with Gasteiger partial charge < -0.3 is 4.55 Å². The van der Waals surface area contributed by atoms with Crippen molar-refractivity contribution in [1.29, 1.82) is 0 Å². The van der Waals surface area contributed by atoms with E-state index in [1.807, 2.05) is 0 Å². The van der Waals surface area contributed by atoms with E-state index in [1.54, 1.807) is 4.89 Å². The van der Waals surface area contributed by atoms with Crippen LogP contribution in [0.1, 0.15) is 0 Å². The highest BCUT2D eigenvalue weighted by atomic mass is 32.2. The van der Waals surface area contributed by atoms with Crippen molar-refractivity contribution in [3.63, 3.8) is 0 Å². The van der Waals surface area contributed by atoms with Gasteiger partial charge in [-0.3, -0.25) is 9.05 Å². The predicted octanol–water partition coefficient (Wildman–Crippen LogP) is -1.07. The highest BCUT2D eigenvalue weighted by molar-refractivity contribution is 7.76. The zero-order chi connectivity index (χ0) is 6.41. The van der Waals surface area contributed by atoms with E-state index in [0.717, 1.165) is 0 Å². The van der Waals surface area contributed by atoms with Crippen molar-refractivity contribution in [2.75, 3.05) is 6.61 Å². The SMILES string of the molecule is C#CCONS(=O)[O-]. The Kier molecular flexibility index (Phi) is 4.50. The van der Waals surface area contributed by atoms with Gasteiger partial charge in [0.05, 0.1) is 0 Å². The molecule has 0 radical (unpaired) electrons. The molecule has 0 aromatic rings. The van der Waals surface area contributed by atoms with E-state index in [9.17, 15) is 8.76 Å². The maximum atomic E-state index is 9.57. The molecule has 0 aliphatic carbocycles. The molecule has 0 bridgehead atoms. The van der Waals surface area contributed by atoms with Gasteiger partial charge >= 0.3 is 0 Å². The summed E-state index contributed by atoms with van der Waals surface area (Å²) in [5.74, 6) is 2.06. The number of rotatable bonds is 3. The number of terminal acetylenes is 1. The monoisotopic (exact) mass is 134 g/mol. The van der Waals surface area contributed by atoms with Crippen molar-refractivity contribution in [3.05, 3.63) is 0 Å². The molecule has 46 valence electrons. The van der Waals surface area contributed by atoms with Crippen molar-refractivity contribution in [3.8, 4) is 12.3 Å². The van der Waals surface area contributed by atoms with Crippen molar-refractivity contribution in [1.82, 2.24) is 4.89 Å². The van der Waals surface area contributed by atoms with Gasteiger partial charge in [0.15, 0.2) is 0 Å². The summed E-state index contributed by atoms with van der Waals surface area (Å²) in [6.45, 7) is -0.0615. The lowest BCUT2D eigenvalue weighted by atomic mass is 10.8. The Hall–Kier alpha value is -0.410. The van der Waals surface area contributed by atoms with Gasteiger partial charge in [-0.05, 0) is 0 Å². The van der Waals surface area contributed by atoms with Crippen LogP contribution in [-0.4, -0.2) is 15.4 Å². The highest BCUT2D eigenvalue weighted by Gasteiger charge is 1.76. The molecule has 1 unspecified atom stereocenters. The molecule has 0 heterocycles. The molecule has 0 rings (SSSR count). The van der Waals surface area contributed by atoms with Gasteiger partial charge in [0.25, 0.3) is 0 Å². The first kappa shape index (κ1) is 7.59. The zero-order valence-electron chi connectivity index (χ0n) is 3.92. The normalized spacial score (nSPS) is 12.5.